The minimum atomic E-state index is -1.95. The summed E-state index contributed by atoms with van der Waals surface area (Å²) in [5, 5.41) is 0. The Morgan fingerprint density at radius 3 is 1.28 bits per heavy atom. The molecule has 0 N–H and O–H groups in total. The van der Waals surface area contributed by atoms with E-state index in [0.717, 1.165) is 0 Å². The van der Waals surface area contributed by atoms with Crippen molar-refractivity contribution in [1.29, 1.82) is 0 Å². The summed E-state index contributed by atoms with van der Waals surface area (Å²) >= 11 is -1.95. The summed E-state index contributed by atoms with van der Waals surface area (Å²) in [6, 6.07) is 0. The topological polar surface area (TPSA) is 0 Å². The Kier molecular flexibility index (Phi) is 15.1. The van der Waals surface area contributed by atoms with Gasteiger partial charge in [0, 0.05) is 0 Å². The third-order valence-corrected chi connectivity index (χ3v) is 25.2. The van der Waals surface area contributed by atoms with Crippen molar-refractivity contribution in [2.24, 2.45) is 0 Å². The molecule has 1 heteroatoms. The Hall–Kier alpha value is 0.799. The van der Waals surface area contributed by atoms with Crippen molar-refractivity contribution in [2.45, 2.75) is 147 Å². The van der Waals surface area contributed by atoms with Gasteiger partial charge in [-0.1, -0.05) is 0 Å². The molecule has 0 aromatic rings. The molecule has 0 aromatic carbocycles. The van der Waals surface area contributed by atoms with Crippen molar-refractivity contribution < 1.29 is 0 Å². The van der Waals surface area contributed by atoms with Gasteiger partial charge < -0.3 is 0 Å². The molecule has 0 saturated heterocycles. The van der Waals surface area contributed by atoms with E-state index in [1.165, 1.54) is 61.7 Å². The normalized spacial score (nSPS) is 16.4. The summed E-state index contributed by atoms with van der Waals surface area (Å²) in [6.07, 6.45) is 26.0. The number of rotatable bonds is 16. The second-order valence-corrected chi connectivity index (χ2v) is 23.5. The van der Waals surface area contributed by atoms with E-state index in [9.17, 15) is 0 Å². The van der Waals surface area contributed by atoms with Crippen LogP contribution < -0.4 is 0 Å². The molecule has 0 aliphatic heterocycles. The van der Waals surface area contributed by atoms with Crippen molar-refractivity contribution in [2.75, 3.05) is 0 Å². The van der Waals surface area contributed by atoms with Gasteiger partial charge >= 0.3 is 166 Å². The van der Waals surface area contributed by atoms with Gasteiger partial charge in [0.05, 0.1) is 0 Å². The first-order valence-electron chi connectivity index (χ1n) is 12.3. The monoisotopic (exact) mass is 458 g/mol. The van der Waals surface area contributed by atoms with Crippen molar-refractivity contribution in [3.8, 4) is 0 Å². The van der Waals surface area contributed by atoms with Gasteiger partial charge in [-0.25, -0.2) is 0 Å². The van der Waals surface area contributed by atoms with Crippen LogP contribution in [0.15, 0.2) is 0 Å². The summed E-state index contributed by atoms with van der Waals surface area (Å²) in [7, 11) is 0. The van der Waals surface area contributed by atoms with Gasteiger partial charge in [-0.05, 0) is 0 Å². The zero-order chi connectivity index (χ0) is 18.2. The summed E-state index contributed by atoms with van der Waals surface area (Å²) < 4.78 is 6.56. The zero-order valence-electron chi connectivity index (χ0n) is 18.2. The third-order valence-electron chi connectivity index (χ3n) is 7.06. The zero-order valence-corrected chi connectivity index (χ0v) is 21.1. The van der Waals surface area contributed by atoms with Crippen LogP contribution in [0.25, 0.3) is 0 Å². The van der Waals surface area contributed by atoms with Crippen LogP contribution in [0.2, 0.25) is 17.2 Å². The van der Waals surface area contributed by atoms with Gasteiger partial charge in [0.1, 0.15) is 0 Å². The molecule has 0 aromatic heterocycles. The molecular weight excluding hydrogens is 407 g/mol. The maximum atomic E-state index is 2.37. The number of hydrogen-bond acceptors (Lipinski definition) is 0. The second-order valence-electron chi connectivity index (χ2n) is 9.13. The fourth-order valence-electron chi connectivity index (χ4n) is 5.41. The van der Waals surface area contributed by atoms with Crippen molar-refractivity contribution >= 4 is 18.4 Å². The molecule has 0 atom stereocenters. The summed E-state index contributed by atoms with van der Waals surface area (Å²) in [4.78, 5) is 0. The van der Waals surface area contributed by atoms with E-state index in [4.69, 9.17) is 0 Å². The predicted molar refractivity (Wildman–Crippen MR) is 119 cm³/mol. The van der Waals surface area contributed by atoms with E-state index in [0.29, 0.717) is 0 Å². The molecule has 1 aliphatic carbocycles. The first kappa shape index (κ1) is 23.8. The molecular formula is C24H50Sn. The Bertz CT molecular complexity index is 249. The van der Waals surface area contributed by atoms with Crippen molar-refractivity contribution in [1.82, 2.24) is 0 Å². The number of hydrogen-bond donors (Lipinski definition) is 0. The Morgan fingerprint density at radius 2 is 0.920 bits per heavy atom. The first-order valence-corrected chi connectivity index (χ1v) is 20.0. The quantitative estimate of drug-likeness (QED) is 0.160. The first-order chi connectivity index (χ1) is 12.3. The van der Waals surface area contributed by atoms with Crippen molar-refractivity contribution in [3.05, 3.63) is 0 Å². The van der Waals surface area contributed by atoms with E-state index in [-0.39, 0.29) is 0 Å². The summed E-state index contributed by atoms with van der Waals surface area (Å²) in [6.45, 7) is 7.10. The Morgan fingerprint density at radius 1 is 0.520 bits per heavy atom. The average molecular weight is 457 g/mol. The van der Waals surface area contributed by atoms with Gasteiger partial charge in [0.25, 0.3) is 0 Å². The summed E-state index contributed by atoms with van der Waals surface area (Å²) in [5.74, 6) is 0. The molecule has 1 saturated carbocycles. The van der Waals surface area contributed by atoms with E-state index >= 15 is 0 Å². The van der Waals surface area contributed by atoms with Crippen molar-refractivity contribution in [3.63, 3.8) is 0 Å². The van der Waals surface area contributed by atoms with Gasteiger partial charge in [0.15, 0.2) is 0 Å². The van der Waals surface area contributed by atoms with Crippen LogP contribution in [0.5, 0.6) is 0 Å². The van der Waals surface area contributed by atoms with Gasteiger partial charge in [-0.15, -0.1) is 0 Å². The maximum absolute atomic E-state index is 2.37. The standard InChI is InChI=1S/C6H11.3C6H13.Sn/c1-2-4-6-5-3-1;3*1-3-5-6-4-2;/h1H,2-6H2;3*1,3-6H2,2H3;. The molecule has 1 aliphatic rings. The molecule has 0 heterocycles. The van der Waals surface area contributed by atoms with Crippen LogP contribution in [0, 0.1) is 0 Å². The predicted octanol–water partition coefficient (Wildman–Crippen LogP) is 9.51. The van der Waals surface area contributed by atoms with Crippen LogP contribution in [-0.2, 0) is 0 Å². The molecule has 0 bridgehead atoms. The molecule has 0 spiro atoms. The fourth-order valence-corrected chi connectivity index (χ4v) is 23.9. The average Bonchev–Trinajstić information content (AvgIpc) is 2.66. The van der Waals surface area contributed by atoms with E-state index in [1.807, 2.05) is 0 Å². The van der Waals surface area contributed by atoms with E-state index in [1.54, 1.807) is 64.7 Å². The molecule has 0 radical (unpaired) electrons. The second kappa shape index (κ2) is 15.8. The van der Waals surface area contributed by atoms with Gasteiger partial charge in [-0.2, -0.15) is 0 Å². The van der Waals surface area contributed by atoms with E-state index in [2.05, 4.69) is 20.8 Å². The van der Waals surface area contributed by atoms with Crippen LogP contribution in [0.3, 0.4) is 0 Å². The van der Waals surface area contributed by atoms with E-state index < -0.39 is 18.4 Å². The van der Waals surface area contributed by atoms with Crippen LogP contribution in [0.1, 0.15) is 130 Å². The molecule has 0 nitrogen and oxygen atoms in total. The fraction of sp³-hybridized carbons (Fsp3) is 1.00. The molecule has 150 valence electrons. The molecule has 1 rings (SSSR count). The molecule has 0 amide bonds. The Labute approximate surface area is 165 Å². The SMILES string of the molecule is CCCCC[CH2][Sn]([CH2]CCCCC)([CH2]CCCCC)[CH]1CCCCC1. The Balaban J connectivity index is 2.69. The molecule has 25 heavy (non-hydrogen) atoms. The number of unbranched alkanes of at least 4 members (excludes halogenated alkanes) is 9. The minimum absolute atomic E-state index is 1.27. The van der Waals surface area contributed by atoms with Crippen LogP contribution in [-0.4, -0.2) is 18.4 Å². The molecule has 0 unspecified atom stereocenters. The third kappa shape index (κ3) is 10.1. The summed E-state index contributed by atoms with van der Waals surface area (Å²) in [5.41, 5.74) is 0. The van der Waals surface area contributed by atoms with Gasteiger partial charge in [-0.3, -0.25) is 0 Å². The molecule has 1 fully saturated rings. The van der Waals surface area contributed by atoms with Crippen LogP contribution >= 0.6 is 0 Å². The van der Waals surface area contributed by atoms with Crippen LogP contribution in [0.4, 0.5) is 0 Å². The van der Waals surface area contributed by atoms with Gasteiger partial charge in [0.2, 0.25) is 0 Å².